The van der Waals surface area contributed by atoms with Crippen LogP contribution in [0.4, 0.5) is 0 Å². The van der Waals surface area contributed by atoms with Crippen molar-refractivity contribution in [2.45, 2.75) is 264 Å². The summed E-state index contributed by atoms with van der Waals surface area (Å²) in [6.45, 7) is 6.55. The van der Waals surface area contributed by atoms with Crippen LogP contribution in [0.15, 0.2) is 60.8 Å². The van der Waals surface area contributed by atoms with Gasteiger partial charge in [0.2, 0.25) is 0 Å². The summed E-state index contributed by atoms with van der Waals surface area (Å²) < 4.78 is 16.7. The molecule has 0 radical (unpaired) electrons. The van der Waals surface area contributed by atoms with Crippen LogP contribution in [0.25, 0.3) is 0 Å². The third-order valence-corrected chi connectivity index (χ3v) is 11.2. The summed E-state index contributed by atoms with van der Waals surface area (Å²) in [4.78, 5) is 38.0. The Labute approximate surface area is 383 Å². The van der Waals surface area contributed by atoms with E-state index in [0.717, 1.165) is 77.0 Å². The molecule has 0 aliphatic rings. The maximum Gasteiger partial charge on any atom is 0.306 e. The summed E-state index contributed by atoms with van der Waals surface area (Å²) in [5.41, 5.74) is 0. The average molecular weight is 867 g/mol. The first-order chi connectivity index (χ1) is 30.5. The zero-order chi connectivity index (χ0) is 45.1. The van der Waals surface area contributed by atoms with E-state index in [1.54, 1.807) is 0 Å². The highest BCUT2D eigenvalue weighted by Gasteiger charge is 2.19. The summed E-state index contributed by atoms with van der Waals surface area (Å²) in [5, 5.41) is 0. The van der Waals surface area contributed by atoms with Gasteiger partial charge in [-0.3, -0.25) is 14.4 Å². The van der Waals surface area contributed by atoms with Crippen molar-refractivity contribution >= 4 is 17.9 Å². The predicted octanol–water partition coefficient (Wildman–Crippen LogP) is 17.3. The zero-order valence-electron chi connectivity index (χ0n) is 40.9. The molecule has 0 saturated carbocycles. The number of ether oxygens (including phenoxy) is 3. The SMILES string of the molecule is CCCCC/C=C/C/C=C/C/C=C/C/C=C/CCCC(=O)OC[C@@H](COC(=O)CCCCCCCCCCCCCCC)OC(=O)CCCCCCC/C=C/CCCCCCC. The van der Waals surface area contributed by atoms with Crippen molar-refractivity contribution in [2.75, 3.05) is 13.2 Å². The second-order valence-corrected chi connectivity index (χ2v) is 17.4. The molecule has 6 nitrogen and oxygen atoms in total. The largest absolute Gasteiger partial charge is 0.462 e. The normalized spacial score (nSPS) is 12.5. The molecule has 0 bridgehead atoms. The fraction of sp³-hybridized carbons (Fsp3) is 0.768. The van der Waals surface area contributed by atoms with Crippen LogP contribution in [0, 0.1) is 0 Å². The van der Waals surface area contributed by atoms with Crippen LogP contribution < -0.4 is 0 Å². The minimum atomic E-state index is -0.797. The fourth-order valence-corrected chi connectivity index (χ4v) is 7.25. The molecule has 0 aromatic carbocycles. The first-order valence-corrected chi connectivity index (χ1v) is 26.3. The lowest BCUT2D eigenvalue weighted by Crippen LogP contribution is -2.30. The van der Waals surface area contributed by atoms with Gasteiger partial charge in [0.15, 0.2) is 6.10 Å². The smallest absolute Gasteiger partial charge is 0.306 e. The van der Waals surface area contributed by atoms with Crippen LogP contribution in [0.1, 0.15) is 258 Å². The van der Waals surface area contributed by atoms with Gasteiger partial charge in [0.05, 0.1) is 0 Å². The second kappa shape index (κ2) is 50.8. The second-order valence-electron chi connectivity index (χ2n) is 17.4. The average Bonchev–Trinajstić information content (AvgIpc) is 3.27. The summed E-state index contributed by atoms with van der Waals surface area (Å²) in [7, 11) is 0. The van der Waals surface area contributed by atoms with Crippen molar-refractivity contribution in [3.8, 4) is 0 Å². The Hall–Kier alpha value is -2.89. The molecule has 0 unspecified atom stereocenters. The van der Waals surface area contributed by atoms with E-state index in [2.05, 4.69) is 81.5 Å². The lowest BCUT2D eigenvalue weighted by Gasteiger charge is -2.18. The zero-order valence-corrected chi connectivity index (χ0v) is 40.9. The maximum atomic E-state index is 12.8. The molecule has 0 aromatic heterocycles. The molecule has 6 heteroatoms. The first kappa shape index (κ1) is 59.1. The van der Waals surface area contributed by atoms with Gasteiger partial charge < -0.3 is 14.2 Å². The van der Waals surface area contributed by atoms with Gasteiger partial charge >= 0.3 is 17.9 Å². The van der Waals surface area contributed by atoms with Crippen LogP contribution in [0.5, 0.6) is 0 Å². The van der Waals surface area contributed by atoms with Crippen molar-refractivity contribution in [2.24, 2.45) is 0 Å². The minimum Gasteiger partial charge on any atom is -0.462 e. The fourth-order valence-electron chi connectivity index (χ4n) is 7.25. The monoisotopic (exact) mass is 867 g/mol. The molecule has 0 aliphatic carbocycles. The number of esters is 3. The standard InChI is InChI=1S/C56H98O6/c1-4-7-10-13-16-19-22-25-27-28-29-32-34-37-40-43-46-49-55(58)61-52-53(51-60-54(57)48-45-42-39-36-33-30-24-21-18-15-12-9-6-3)62-56(59)50-47-44-41-38-35-31-26-23-20-17-14-11-8-5-2/h16,19,23,25-27,29,32,37,40,53H,4-15,17-18,20-22,24,28,30-31,33-36,38-39,41-52H2,1-3H3/b19-16+,26-23+,27-25+,32-29+,40-37+/t53-/m1/s1. The van der Waals surface area contributed by atoms with Gasteiger partial charge in [0.1, 0.15) is 13.2 Å². The number of carbonyl (C=O) groups excluding carboxylic acids is 3. The third-order valence-electron chi connectivity index (χ3n) is 11.2. The van der Waals surface area contributed by atoms with E-state index in [1.165, 1.54) is 135 Å². The van der Waals surface area contributed by atoms with Gasteiger partial charge in [0.25, 0.3) is 0 Å². The van der Waals surface area contributed by atoms with E-state index >= 15 is 0 Å². The van der Waals surface area contributed by atoms with Crippen molar-refractivity contribution in [1.82, 2.24) is 0 Å². The summed E-state index contributed by atoms with van der Waals surface area (Å²) in [6.07, 6.45) is 62.0. The first-order valence-electron chi connectivity index (χ1n) is 26.3. The highest BCUT2D eigenvalue weighted by Crippen LogP contribution is 2.15. The molecule has 0 rings (SSSR count). The van der Waals surface area contributed by atoms with E-state index in [1.807, 2.05) is 0 Å². The minimum absolute atomic E-state index is 0.0925. The van der Waals surface area contributed by atoms with Crippen molar-refractivity contribution in [1.29, 1.82) is 0 Å². The van der Waals surface area contributed by atoms with Gasteiger partial charge in [-0.15, -0.1) is 0 Å². The Morgan fingerprint density at radius 1 is 0.323 bits per heavy atom. The number of allylic oxidation sites excluding steroid dienone is 10. The summed E-state index contributed by atoms with van der Waals surface area (Å²) in [5.74, 6) is -0.954. The number of hydrogen-bond donors (Lipinski definition) is 0. The summed E-state index contributed by atoms with van der Waals surface area (Å²) in [6, 6.07) is 0. The van der Waals surface area contributed by atoms with E-state index in [0.29, 0.717) is 19.3 Å². The summed E-state index contributed by atoms with van der Waals surface area (Å²) >= 11 is 0. The number of hydrogen-bond acceptors (Lipinski definition) is 6. The van der Waals surface area contributed by atoms with E-state index in [9.17, 15) is 14.4 Å². The molecule has 62 heavy (non-hydrogen) atoms. The Bertz CT molecular complexity index is 1130. The Kier molecular flexibility index (Phi) is 48.4. The van der Waals surface area contributed by atoms with Crippen LogP contribution >= 0.6 is 0 Å². The molecule has 0 heterocycles. The van der Waals surface area contributed by atoms with Crippen molar-refractivity contribution in [3.05, 3.63) is 60.8 Å². The molecule has 0 spiro atoms. The van der Waals surface area contributed by atoms with E-state index in [4.69, 9.17) is 14.2 Å². The third kappa shape index (κ3) is 48.1. The Morgan fingerprint density at radius 3 is 1.02 bits per heavy atom. The number of carbonyl (C=O) groups is 3. The van der Waals surface area contributed by atoms with Crippen LogP contribution in [0.3, 0.4) is 0 Å². The predicted molar refractivity (Wildman–Crippen MR) is 265 cm³/mol. The van der Waals surface area contributed by atoms with Gasteiger partial charge in [-0.2, -0.15) is 0 Å². The Balaban J connectivity index is 4.46. The quantitative estimate of drug-likeness (QED) is 0.0262. The lowest BCUT2D eigenvalue weighted by molar-refractivity contribution is -0.167. The molecular weight excluding hydrogens is 769 g/mol. The Morgan fingerprint density at radius 2 is 0.597 bits per heavy atom. The highest BCUT2D eigenvalue weighted by molar-refractivity contribution is 5.71. The van der Waals surface area contributed by atoms with Crippen LogP contribution in [-0.2, 0) is 28.6 Å². The van der Waals surface area contributed by atoms with Crippen molar-refractivity contribution < 1.29 is 28.6 Å². The molecular formula is C56H98O6. The number of unbranched alkanes of at least 4 members (excludes halogenated alkanes) is 26. The van der Waals surface area contributed by atoms with Gasteiger partial charge in [-0.1, -0.05) is 216 Å². The van der Waals surface area contributed by atoms with Crippen LogP contribution in [0.2, 0.25) is 0 Å². The molecule has 0 saturated heterocycles. The molecule has 0 fully saturated rings. The van der Waals surface area contributed by atoms with Crippen LogP contribution in [-0.4, -0.2) is 37.2 Å². The molecule has 0 amide bonds. The molecule has 358 valence electrons. The van der Waals surface area contributed by atoms with Gasteiger partial charge in [0, 0.05) is 19.3 Å². The van der Waals surface area contributed by atoms with Gasteiger partial charge in [-0.25, -0.2) is 0 Å². The molecule has 0 N–H and O–H groups in total. The topological polar surface area (TPSA) is 78.9 Å². The van der Waals surface area contributed by atoms with E-state index in [-0.39, 0.29) is 37.5 Å². The molecule has 0 aromatic rings. The lowest BCUT2D eigenvalue weighted by atomic mass is 10.0. The molecule has 0 aliphatic heterocycles. The van der Waals surface area contributed by atoms with Crippen molar-refractivity contribution in [3.63, 3.8) is 0 Å². The highest BCUT2D eigenvalue weighted by atomic mass is 16.6. The number of rotatable bonds is 47. The maximum absolute atomic E-state index is 12.8. The van der Waals surface area contributed by atoms with E-state index < -0.39 is 6.10 Å². The molecule has 1 atom stereocenters. The van der Waals surface area contributed by atoms with Gasteiger partial charge in [-0.05, 0) is 83.5 Å².